The maximum Gasteiger partial charge on any atom is 0.355 e. The Morgan fingerprint density at radius 1 is 1.40 bits per heavy atom. The van der Waals surface area contributed by atoms with Gasteiger partial charge in [-0.15, -0.1) is 11.3 Å². The first kappa shape index (κ1) is 22.9. The smallest absolute Gasteiger partial charge is 0.355 e. The van der Waals surface area contributed by atoms with Crippen LogP contribution in [0.25, 0.3) is 0 Å². The molecule has 1 aliphatic heterocycles. The van der Waals surface area contributed by atoms with E-state index in [9.17, 15) is 14.7 Å². The number of fused-ring (bicyclic) bond motifs is 1. The van der Waals surface area contributed by atoms with Gasteiger partial charge >= 0.3 is 11.9 Å². The van der Waals surface area contributed by atoms with Gasteiger partial charge in [0.05, 0.1) is 12.2 Å². The molecule has 0 radical (unpaired) electrons. The number of carboxylic acids is 1. The molecule has 1 aliphatic carbocycles. The van der Waals surface area contributed by atoms with Crippen LogP contribution in [-0.2, 0) is 14.3 Å². The number of rotatable bonds is 9. The number of unbranched alkanes of at least 4 members (excludes halogenated alkanes) is 2. The number of nitrogens with zero attached hydrogens (tertiary/aromatic N) is 1. The summed E-state index contributed by atoms with van der Waals surface area (Å²) in [6.07, 6.45) is 8.90. The van der Waals surface area contributed by atoms with Crippen LogP contribution in [0.3, 0.4) is 0 Å². The van der Waals surface area contributed by atoms with Gasteiger partial charge in [-0.2, -0.15) is 0 Å². The van der Waals surface area contributed by atoms with E-state index < -0.39 is 12.1 Å². The monoisotopic (exact) mass is 437 g/mol. The fraction of sp³-hybridized carbons (Fsp3) is 0.682. The minimum Gasteiger partial charge on any atom is -0.476 e. The van der Waals surface area contributed by atoms with Crippen molar-refractivity contribution in [3.63, 3.8) is 0 Å². The van der Waals surface area contributed by atoms with Gasteiger partial charge in [0.15, 0.2) is 5.69 Å². The van der Waals surface area contributed by atoms with Gasteiger partial charge in [-0.3, -0.25) is 4.79 Å². The summed E-state index contributed by atoms with van der Waals surface area (Å²) in [4.78, 5) is 26.9. The van der Waals surface area contributed by atoms with Crippen LogP contribution in [0.15, 0.2) is 17.5 Å². The Kier molecular flexibility index (Phi) is 8.02. The molecule has 2 fully saturated rings. The number of carbonyl (C=O) groups excluding carboxylic acids is 1. The van der Waals surface area contributed by atoms with E-state index in [1.54, 1.807) is 0 Å². The molecule has 1 unspecified atom stereocenters. The van der Waals surface area contributed by atoms with Crippen molar-refractivity contribution < 1.29 is 29.3 Å². The average Bonchev–Trinajstić information content (AvgIpc) is 3.30. The maximum atomic E-state index is 11.6. The van der Waals surface area contributed by atoms with Crippen molar-refractivity contribution in [3.8, 4) is 0 Å². The molecule has 1 saturated carbocycles. The second-order valence-corrected chi connectivity index (χ2v) is 9.08. The molecule has 1 aromatic rings. The number of ether oxygens (including phenoxy) is 2. The lowest BCUT2D eigenvalue weighted by atomic mass is 9.86. The predicted octanol–water partition coefficient (Wildman–Crippen LogP) is 4.13. The number of aliphatic hydroxyl groups excluding tert-OH is 1. The van der Waals surface area contributed by atoms with Gasteiger partial charge in [0.25, 0.3) is 0 Å². The normalized spacial score (nSPS) is 29.6. The zero-order valence-corrected chi connectivity index (χ0v) is 18.3. The summed E-state index contributed by atoms with van der Waals surface area (Å²) in [6.45, 7) is 3.55. The number of hydrogen-bond donors (Lipinski definition) is 2. The molecule has 7 nitrogen and oxygen atoms in total. The Morgan fingerprint density at radius 3 is 2.87 bits per heavy atom. The molecule has 3 rings (SSSR count). The van der Waals surface area contributed by atoms with Crippen molar-refractivity contribution in [1.82, 2.24) is 4.98 Å². The molecular weight excluding hydrogens is 406 g/mol. The first-order chi connectivity index (χ1) is 14.4. The van der Waals surface area contributed by atoms with E-state index in [-0.39, 0.29) is 41.8 Å². The molecular formula is C22H31NO6S. The molecule has 0 bridgehead atoms. The summed E-state index contributed by atoms with van der Waals surface area (Å²) in [6, 6.07) is 0. The number of carboxylic acid groups (broad SMARTS) is 1. The van der Waals surface area contributed by atoms with Crippen molar-refractivity contribution in [2.75, 3.05) is 0 Å². The standard InChI is InChI=1S/C22H31NO6S/c1-3-4-5-6-14(25)7-8-15-16-9-10-18(21-23-17(12-30-21)22(26)27)29-20(16)11-19(15)28-13(2)24/h7-8,12,14-16,18-20,25H,3-6,9-11H2,1-2H3,(H,26,27)/b8-7+/t14?,15-,16-,18-,19-,20+/m1/s1. The zero-order chi connectivity index (χ0) is 21.7. The van der Waals surface area contributed by atoms with Gasteiger partial charge in [0.1, 0.15) is 17.2 Å². The van der Waals surface area contributed by atoms with Crippen LogP contribution in [-0.4, -0.2) is 45.4 Å². The molecule has 0 aromatic carbocycles. The Morgan fingerprint density at radius 2 is 2.20 bits per heavy atom. The van der Waals surface area contributed by atoms with Gasteiger partial charge in [0.2, 0.25) is 0 Å². The second kappa shape index (κ2) is 10.5. The molecule has 2 aliphatic rings. The SMILES string of the molecule is CCCCCC(O)/C=C/[C@@H]1[C@H]2CC[C@H](c3nc(C(=O)O)cs3)O[C@H]2C[C@H]1OC(C)=O. The van der Waals surface area contributed by atoms with Crippen LogP contribution in [0, 0.1) is 11.8 Å². The predicted molar refractivity (Wildman–Crippen MR) is 112 cm³/mol. The van der Waals surface area contributed by atoms with Crippen LogP contribution < -0.4 is 0 Å². The molecule has 1 saturated heterocycles. The Hall–Kier alpha value is -1.77. The van der Waals surface area contributed by atoms with Gasteiger partial charge < -0.3 is 19.7 Å². The fourth-order valence-corrected chi connectivity index (χ4v) is 5.38. The molecule has 8 heteroatoms. The van der Waals surface area contributed by atoms with E-state index in [1.165, 1.54) is 23.6 Å². The number of aliphatic hydroxyl groups is 1. The fourth-order valence-electron chi connectivity index (χ4n) is 4.52. The largest absolute Gasteiger partial charge is 0.476 e. The van der Waals surface area contributed by atoms with E-state index in [2.05, 4.69) is 11.9 Å². The molecule has 2 N–H and O–H groups in total. The topological polar surface area (TPSA) is 106 Å². The number of aromatic carboxylic acids is 1. The lowest BCUT2D eigenvalue weighted by molar-refractivity contribution is -0.147. The van der Waals surface area contributed by atoms with E-state index >= 15 is 0 Å². The van der Waals surface area contributed by atoms with Crippen LogP contribution in [0.4, 0.5) is 0 Å². The van der Waals surface area contributed by atoms with Gasteiger partial charge in [-0.05, 0) is 25.2 Å². The highest BCUT2D eigenvalue weighted by molar-refractivity contribution is 7.09. The highest BCUT2D eigenvalue weighted by Crippen LogP contribution is 2.47. The summed E-state index contributed by atoms with van der Waals surface area (Å²) in [5.41, 5.74) is 0.0443. The minimum absolute atomic E-state index is 0.00607. The molecule has 166 valence electrons. The quantitative estimate of drug-likeness (QED) is 0.340. The van der Waals surface area contributed by atoms with E-state index in [0.29, 0.717) is 11.4 Å². The average molecular weight is 438 g/mol. The van der Waals surface area contributed by atoms with Crippen molar-refractivity contribution in [2.45, 2.75) is 83.2 Å². The van der Waals surface area contributed by atoms with Gasteiger partial charge in [-0.1, -0.05) is 38.3 Å². The van der Waals surface area contributed by atoms with E-state index in [0.717, 1.165) is 38.5 Å². The van der Waals surface area contributed by atoms with Crippen LogP contribution in [0.1, 0.15) is 80.4 Å². The number of esters is 1. The summed E-state index contributed by atoms with van der Waals surface area (Å²) < 4.78 is 11.9. The second-order valence-electron chi connectivity index (χ2n) is 8.19. The van der Waals surface area contributed by atoms with Gasteiger partial charge in [0, 0.05) is 24.6 Å². The first-order valence-corrected chi connectivity index (χ1v) is 11.6. The van der Waals surface area contributed by atoms with Gasteiger partial charge in [-0.25, -0.2) is 9.78 Å². The summed E-state index contributed by atoms with van der Waals surface area (Å²) >= 11 is 1.31. The lowest BCUT2D eigenvalue weighted by Crippen LogP contribution is -2.30. The van der Waals surface area contributed by atoms with E-state index in [1.807, 2.05) is 12.2 Å². The first-order valence-electron chi connectivity index (χ1n) is 10.8. The lowest BCUT2D eigenvalue weighted by Gasteiger charge is -2.33. The molecule has 2 heterocycles. The Bertz CT molecular complexity index is 763. The summed E-state index contributed by atoms with van der Waals surface area (Å²) in [5, 5.41) is 21.6. The maximum absolute atomic E-state index is 11.6. The molecule has 0 amide bonds. The third kappa shape index (κ3) is 5.68. The van der Waals surface area contributed by atoms with Crippen molar-refractivity contribution in [2.24, 2.45) is 11.8 Å². The molecule has 30 heavy (non-hydrogen) atoms. The summed E-state index contributed by atoms with van der Waals surface area (Å²) in [5.74, 6) is -1.15. The third-order valence-electron chi connectivity index (χ3n) is 5.96. The zero-order valence-electron chi connectivity index (χ0n) is 17.5. The number of hydrogen-bond acceptors (Lipinski definition) is 7. The highest BCUT2D eigenvalue weighted by Gasteiger charge is 2.48. The molecule has 0 spiro atoms. The number of aromatic nitrogens is 1. The van der Waals surface area contributed by atoms with Crippen LogP contribution >= 0.6 is 11.3 Å². The number of thiazole rings is 1. The van der Waals surface area contributed by atoms with Crippen molar-refractivity contribution in [1.29, 1.82) is 0 Å². The summed E-state index contributed by atoms with van der Waals surface area (Å²) in [7, 11) is 0. The van der Waals surface area contributed by atoms with Crippen LogP contribution in [0.2, 0.25) is 0 Å². The highest BCUT2D eigenvalue weighted by atomic mass is 32.1. The number of carbonyl (C=O) groups is 2. The minimum atomic E-state index is -1.04. The molecule has 1 aromatic heterocycles. The third-order valence-corrected chi connectivity index (χ3v) is 6.90. The Balaban J connectivity index is 1.67. The van der Waals surface area contributed by atoms with Crippen LogP contribution in [0.5, 0.6) is 0 Å². The van der Waals surface area contributed by atoms with E-state index in [4.69, 9.17) is 14.6 Å². The van der Waals surface area contributed by atoms with Crippen molar-refractivity contribution in [3.05, 3.63) is 28.2 Å². The molecule has 6 atom stereocenters. The van der Waals surface area contributed by atoms with Crippen molar-refractivity contribution >= 4 is 23.3 Å². The Labute approximate surface area is 181 Å².